The van der Waals surface area contributed by atoms with Crippen molar-refractivity contribution in [3.63, 3.8) is 0 Å². The van der Waals surface area contributed by atoms with Crippen LogP contribution in [0.4, 0.5) is 0 Å². The number of nitrogens with one attached hydrogen (secondary N) is 2. The highest BCUT2D eigenvalue weighted by molar-refractivity contribution is 7.80. The third kappa shape index (κ3) is 3.12. The molecule has 0 saturated heterocycles. The Hall–Kier alpha value is -1.94. The van der Waals surface area contributed by atoms with Gasteiger partial charge >= 0.3 is 5.97 Å². The van der Waals surface area contributed by atoms with Crippen LogP contribution in [0.15, 0.2) is 41.1 Å². The zero-order valence-electron chi connectivity index (χ0n) is 12.2. The quantitative estimate of drug-likeness (QED) is 0.385. The van der Waals surface area contributed by atoms with Crippen molar-refractivity contribution in [1.29, 1.82) is 5.41 Å². The number of esters is 1. The molecule has 1 aromatic rings. The summed E-state index contributed by atoms with van der Waals surface area (Å²) in [5, 5.41) is 11.0. The first-order valence-electron chi connectivity index (χ1n) is 6.73. The summed E-state index contributed by atoms with van der Waals surface area (Å²) in [4.78, 5) is 12.7. The highest BCUT2D eigenvalue weighted by Gasteiger charge is 2.35. The van der Waals surface area contributed by atoms with E-state index < -0.39 is 11.9 Å². The number of ether oxygens (including phenoxy) is 1. The second kappa shape index (κ2) is 6.88. The predicted octanol–water partition coefficient (Wildman–Crippen LogP) is 3.37. The minimum atomic E-state index is -0.510. The number of hydrogen-bond donors (Lipinski definition) is 2. The maximum Gasteiger partial charge on any atom is 0.336 e. The molecule has 22 heavy (non-hydrogen) atoms. The third-order valence-electron chi connectivity index (χ3n) is 3.34. The Balaban J connectivity index is 2.65. The van der Waals surface area contributed by atoms with Crippen LogP contribution in [0.1, 0.15) is 25.3 Å². The molecule has 1 unspecified atom stereocenters. The molecule has 1 aromatic carbocycles. The van der Waals surface area contributed by atoms with E-state index in [9.17, 15) is 4.79 Å². The van der Waals surface area contributed by atoms with E-state index in [-0.39, 0.29) is 6.61 Å². The second-order valence-corrected chi connectivity index (χ2v) is 5.58. The molecule has 4 nitrogen and oxygen atoms in total. The number of carbonyl (C=O) groups excluding carboxylic acids is 1. The summed E-state index contributed by atoms with van der Waals surface area (Å²) >= 11 is 11.3. The maximum atomic E-state index is 12.3. The van der Waals surface area contributed by atoms with E-state index in [0.717, 1.165) is 5.56 Å². The smallest absolute Gasteiger partial charge is 0.336 e. The molecule has 1 aliphatic heterocycles. The van der Waals surface area contributed by atoms with Crippen LogP contribution >= 0.6 is 23.8 Å². The molecule has 1 heterocycles. The van der Waals surface area contributed by atoms with Gasteiger partial charge in [0.2, 0.25) is 0 Å². The fourth-order valence-corrected chi connectivity index (χ4v) is 2.95. The first-order chi connectivity index (χ1) is 10.5. The summed E-state index contributed by atoms with van der Waals surface area (Å²) in [6, 6.07) is 7.14. The average Bonchev–Trinajstić information content (AvgIpc) is 2.46. The lowest BCUT2D eigenvalue weighted by molar-refractivity contribution is -0.138. The van der Waals surface area contributed by atoms with Crippen LogP contribution in [0.2, 0.25) is 5.02 Å². The van der Waals surface area contributed by atoms with Gasteiger partial charge in [-0.05, 0) is 37.4 Å². The zero-order valence-corrected chi connectivity index (χ0v) is 13.8. The second-order valence-electron chi connectivity index (χ2n) is 4.74. The molecule has 0 saturated carbocycles. The molecule has 1 aliphatic rings. The minimum Gasteiger partial charge on any atom is -0.463 e. The molecule has 0 spiro atoms. The summed E-state index contributed by atoms with van der Waals surface area (Å²) in [5.74, 6) is 1.40. The summed E-state index contributed by atoms with van der Waals surface area (Å²) < 4.78 is 5.15. The first kappa shape index (κ1) is 16.4. The number of thiocarbonyl (C=S) groups is 1. The summed E-state index contributed by atoms with van der Waals surface area (Å²) in [6.45, 7) is 3.78. The normalized spacial score (nSPS) is 17.9. The molecular weight excluding hydrogens is 320 g/mol. The van der Waals surface area contributed by atoms with E-state index in [1.807, 2.05) is 6.07 Å². The zero-order chi connectivity index (χ0) is 16.3. The van der Waals surface area contributed by atoms with Gasteiger partial charge in [-0.15, -0.1) is 0 Å². The lowest BCUT2D eigenvalue weighted by Gasteiger charge is -2.29. The van der Waals surface area contributed by atoms with E-state index >= 15 is 0 Å². The highest BCUT2D eigenvalue weighted by Crippen LogP contribution is 2.37. The fraction of sp³-hybridized carbons (Fsp3) is 0.250. The van der Waals surface area contributed by atoms with Crippen LogP contribution in [-0.2, 0) is 9.53 Å². The number of allylic oxidation sites excluding steroid dienone is 1. The van der Waals surface area contributed by atoms with Crippen LogP contribution in [0.3, 0.4) is 0 Å². The van der Waals surface area contributed by atoms with Crippen molar-refractivity contribution >= 4 is 40.6 Å². The summed E-state index contributed by atoms with van der Waals surface area (Å²) in [5.41, 5.74) is 2.24. The molecular formula is C16H15ClN2O2S. The van der Waals surface area contributed by atoms with Crippen LogP contribution < -0.4 is 5.32 Å². The van der Waals surface area contributed by atoms with Crippen molar-refractivity contribution in [3.8, 4) is 0 Å². The number of benzene rings is 1. The molecule has 0 aromatic heterocycles. The molecule has 0 fully saturated rings. The molecule has 0 amide bonds. The van der Waals surface area contributed by atoms with Gasteiger partial charge in [-0.1, -0.05) is 36.0 Å². The first-order valence-corrected chi connectivity index (χ1v) is 7.52. The van der Waals surface area contributed by atoms with E-state index in [1.54, 1.807) is 32.0 Å². The monoisotopic (exact) mass is 334 g/mol. The van der Waals surface area contributed by atoms with Gasteiger partial charge in [0.25, 0.3) is 0 Å². The van der Waals surface area contributed by atoms with Crippen LogP contribution in [-0.4, -0.2) is 23.4 Å². The number of halogens is 1. The molecule has 2 N–H and O–H groups in total. The average molecular weight is 335 g/mol. The maximum absolute atomic E-state index is 12.3. The van der Waals surface area contributed by atoms with Crippen LogP contribution in [0.25, 0.3) is 0 Å². The summed E-state index contributed by atoms with van der Waals surface area (Å²) in [7, 11) is 0. The lowest BCUT2D eigenvalue weighted by Crippen LogP contribution is -2.35. The van der Waals surface area contributed by atoms with Crippen molar-refractivity contribution in [3.05, 3.63) is 51.7 Å². The van der Waals surface area contributed by atoms with Crippen molar-refractivity contribution in [1.82, 2.24) is 5.32 Å². The Morgan fingerprint density at radius 2 is 2.27 bits per heavy atom. The number of rotatable bonds is 3. The Kier molecular flexibility index (Phi) is 5.14. The molecule has 0 radical (unpaired) electrons. The number of carbonyl (C=O) groups is 1. The van der Waals surface area contributed by atoms with Crippen molar-refractivity contribution in [2.75, 3.05) is 6.61 Å². The molecule has 2 rings (SSSR count). The molecule has 1 atom stereocenters. The summed E-state index contributed by atoms with van der Waals surface area (Å²) in [6.07, 6.45) is 0. The molecule has 6 heteroatoms. The van der Waals surface area contributed by atoms with E-state index in [0.29, 0.717) is 26.9 Å². The SMILES string of the molecule is CCOC(=O)C1=C(C)NC(=S)C(=C=N)C1c1cccc(Cl)c1. The van der Waals surface area contributed by atoms with Gasteiger partial charge in [-0.25, -0.2) is 4.79 Å². The standard InChI is InChI=1S/C16H15ClN2O2S/c1-3-21-16(20)13-9(2)19-15(22)12(8-18)14(13)10-5-4-6-11(17)7-10/h4-7,14,18H,3H2,1-2H3,(H,19,22). The largest absolute Gasteiger partial charge is 0.463 e. The van der Waals surface area contributed by atoms with E-state index in [2.05, 4.69) is 11.2 Å². The van der Waals surface area contributed by atoms with Gasteiger partial charge in [0.1, 0.15) is 4.99 Å². The Morgan fingerprint density at radius 1 is 1.55 bits per heavy atom. The Morgan fingerprint density at radius 3 is 2.86 bits per heavy atom. The third-order valence-corrected chi connectivity index (χ3v) is 3.90. The van der Waals surface area contributed by atoms with Gasteiger partial charge in [0, 0.05) is 10.7 Å². The molecule has 114 valence electrons. The van der Waals surface area contributed by atoms with Gasteiger partial charge in [-0.3, -0.25) is 5.41 Å². The fourth-order valence-electron chi connectivity index (χ4n) is 2.43. The van der Waals surface area contributed by atoms with Crippen molar-refractivity contribution < 1.29 is 9.53 Å². The van der Waals surface area contributed by atoms with E-state index in [4.69, 9.17) is 34.0 Å². The van der Waals surface area contributed by atoms with Crippen LogP contribution in [0, 0.1) is 5.41 Å². The van der Waals surface area contributed by atoms with Crippen molar-refractivity contribution in [2.45, 2.75) is 19.8 Å². The van der Waals surface area contributed by atoms with Gasteiger partial charge in [0.05, 0.1) is 23.7 Å². The van der Waals surface area contributed by atoms with Gasteiger partial charge < -0.3 is 10.1 Å². The number of hydrogen-bond acceptors (Lipinski definition) is 4. The highest BCUT2D eigenvalue weighted by atomic mass is 35.5. The minimum absolute atomic E-state index is 0.270. The van der Waals surface area contributed by atoms with Crippen LogP contribution in [0.5, 0.6) is 0 Å². The lowest BCUT2D eigenvalue weighted by atomic mass is 9.81. The topological polar surface area (TPSA) is 62.2 Å². The Bertz CT molecular complexity index is 721. The Labute approximate surface area is 139 Å². The molecule has 0 aliphatic carbocycles. The van der Waals surface area contributed by atoms with Crippen molar-refractivity contribution in [2.24, 2.45) is 0 Å². The van der Waals surface area contributed by atoms with Gasteiger partial charge in [0.15, 0.2) is 0 Å². The molecule has 0 bridgehead atoms. The predicted molar refractivity (Wildman–Crippen MR) is 90.5 cm³/mol. The van der Waals surface area contributed by atoms with Gasteiger partial charge in [-0.2, -0.15) is 0 Å². The van der Waals surface area contributed by atoms with E-state index in [1.165, 1.54) is 0 Å².